The van der Waals surface area contributed by atoms with Crippen molar-refractivity contribution in [1.82, 2.24) is 4.90 Å². The molecule has 162 valence electrons. The average Bonchev–Trinajstić information content (AvgIpc) is 3.11. The lowest BCUT2D eigenvalue weighted by atomic mass is 9.72. The third kappa shape index (κ3) is 3.64. The van der Waals surface area contributed by atoms with Crippen molar-refractivity contribution in [2.24, 2.45) is 0 Å². The summed E-state index contributed by atoms with van der Waals surface area (Å²) in [5.41, 5.74) is 4.34. The smallest absolute Gasteiger partial charge is 0.123 e. The van der Waals surface area contributed by atoms with E-state index in [1.54, 1.807) is 19.2 Å². The van der Waals surface area contributed by atoms with Crippen molar-refractivity contribution in [2.75, 3.05) is 56.7 Å². The molecule has 31 heavy (non-hydrogen) atoms. The highest BCUT2D eigenvalue weighted by Gasteiger charge is 2.44. The first kappa shape index (κ1) is 20.8. The first-order chi connectivity index (χ1) is 15.0. The second kappa shape index (κ2) is 8.14. The van der Waals surface area contributed by atoms with Crippen LogP contribution in [-0.2, 0) is 10.2 Å². The molecule has 1 fully saturated rings. The maximum Gasteiger partial charge on any atom is 0.123 e. The van der Waals surface area contributed by atoms with Crippen LogP contribution in [0.25, 0.3) is 0 Å². The Bertz CT molecular complexity index is 939. The van der Waals surface area contributed by atoms with Gasteiger partial charge >= 0.3 is 0 Å². The van der Waals surface area contributed by atoms with E-state index >= 15 is 0 Å². The zero-order valence-corrected chi connectivity index (χ0v) is 18.6. The van der Waals surface area contributed by atoms with E-state index in [0.717, 1.165) is 44.7 Å². The van der Waals surface area contributed by atoms with Gasteiger partial charge < -0.3 is 19.4 Å². The quantitative estimate of drug-likeness (QED) is 0.665. The summed E-state index contributed by atoms with van der Waals surface area (Å²) in [6.45, 7) is 5.45. The SMILES string of the molecule is [B]C(CCCN1CC[C@H]2[C@@H](C1)c1cccc3c1N2CCN3C)(OC)c1ccc(F)cc1. The van der Waals surface area contributed by atoms with Gasteiger partial charge in [-0.05, 0) is 55.1 Å². The predicted octanol–water partition coefficient (Wildman–Crippen LogP) is 3.70. The molecule has 2 aromatic carbocycles. The number of likely N-dealkylation sites (N-methyl/N-ethyl adjacent to an activating group) is 1. The second-order valence-electron chi connectivity index (χ2n) is 9.30. The summed E-state index contributed by atoms with van der Waals surface area (Å²) >= 11 is 0. The van der Waals surface area contributed by atoms with Crippen molar-refractivity contribution in [2.45, 2.75) is 36.7 Å². The molecule has 3 heterocycles. The molecule has 0 amide bonds. The summed E-state index contributed by atoms with van der Waals surface area (Å²) in [5, 5.41) is 0. The van der Waals surface area contributed by atoms with E-state index in [-0.39, 0.29) is 5.82 Å². The van der Waals surface area contributed by atoms with Crippen LogP contribution >= 0.6 is 0 Å². The van der Waals surface area contributed by atoms with Crippen molar-refractivity contribution in [3.8, 4) is 0 Å². The van der Waals surface area contributed by atoms with Crippen molar-refractivity contribution < 1.29 is 9.13 Å². The number of halogens is 1. The third-order valence-corrected chi connectivity index (χ3v) is 7.60. The number of para-hydroxylation sites is 1. The predicted molar refractivity (Wildman–Crippen MR) is 125 cm³/mol. The lowest BCUT2D eigenvalue weighted by Gasteiger charge is -2.42. The van der Waals surface area contributed by atoms with Gasteiger partial charge in [-0.1, -0.05) is 24.3 Å². The molecule has 2 radical (unpaired) electrons. The highest BCUT2D eigenvalue weighted by Crippen LogP contribution is 2.50. The summed E-state index contributed by atoms with van der Waals surface area (Å²) < 4.78 is 18.9. The van der Waals surface area contributed by atoms with Crippen LogP contribution in [0.3, 0.4) is 0 Å². The van der Waals surface area contributed by atoms with E-state index in [4.69, 9.17) is 12.6 Å². The standard InChI is InChI=1S/C25H31BFN3O/c1-28-15-16-30-22-11-14-29(17-21(22)20-5-3-6-23(28)24(20)30)13-4-12-25(26,31-2)18-7-9-19(27)10-8-18/h3,5-10,21-22H,4,11-17H2,1-2H3/t21-,22-,25?/m0/s1. The molecule has 1 unspecified atom stereocenters. The maximum atomic E-state index is 13.3. The monoisotopic (exact) mass is 419 g/mol. The number of fused-ring (bicyclic) bond motifs is 3. The summed E-state index contributed by atoms with van der Waals surface area (Å²) in [5.74, 6) is 0.326. The molecule has 3 aliphatic rings. The lowest BCUT2D eigenvalue weighted by Crippen LogP contribution is -2.49. The molecule has 0 N–H and O–H groups in total. The Labute approximate surface area is 186 Å². The molecule has 0 saturated carbocycles. The van der Waals surface area contributed by atoms with Gasteiger partial charge in [-0.25, -0.2) is 4.39 Å². The van der Waals surface area contributed by atoms with E-state index in [2.05, 4.69) is 39.9 Å². The average molecular weight is 419 g/mol. The molecular weight excluding hydrogens is 388 g/mol. The Morgan fingerprint density at radius 2 is 1.94 bits per heavy atom. The fourth-order valence-electron chi connectivity index (χ4n) is 5.84. The van der Waals surface area contributed by atoms with Gasteiger partial charge in [0.2, 0.25) is 0 Å². The lowest BCUT2D eigenvalue weighted by molar-refractivity contribution is 0.0475. The molecule has 4 nitrogen and oxygen atoms in total. The molecule has 6 heteroatoms. The van der Waals surface area contributed by atoms with Gasteiger partial charge in [-0.2, -0.15) is 0 Å². The van der Waals surface area contributed by atoms with Crippen LogP contribution in [0.15, 0.2) is 42.5 Å². The van der Waals surface area contributed by atoms with Crippen molar-refractivity contribution in [3.63, 3.8) is 0 Å². The fourth-order valence-corrected chi connectivity index (χ4v) is 5.84. The van der Waals surface area contributed by atoms with Crippen LogP contribution < -0.4 is 9.80 Å². The Kier molecular flexibility index (Phi) is 5.47. The number of hydrogen-bond acceptors (Lipinski definition) is 4. The number of benzene rings is 2. The van der Waals surface area contributed by atoms with E-state index < -0.39 is 5.50 Å². The molecule has 2 aromatic rings. The Morgan fingerprint density at radius 3 is 2.71 bits per heavy atom. The van der Waals surface area contributed by atoms with Crippen LogP contribution in [0, 0.1) is 5.82 Å². The highest BCUT2D eigenvalue weighted by molar-refractivity contribution is 6.14. The van der Waals surface area contributed by atoms with E-state index in [1.165, 1.54) is 35.5 Å². The molecule has 3 aliphatic heterocycles. The first-order valence-corrected chi connectivity index (χ1v) is 11.4. The van der Waals surface area contributed by atoms with Crippen LogP contribution in [0.2, 0.25) is 0 Å². The fraction of sp³-hybridized carbons (Fsp3) is 0.520. The van der Waals surface area contributed by atoms with Gasteiger partial charge in [0, 0.05) is 52.3 Å². The number of methoxy groups -OCH3 is 1. The number of ether oxygens (including phenoxy) is 1. The number of rotatable bonds is 6. The zero-order valence-electron chi connectivity index (χ0n) is 18.6. The Balaban J connectivity index is 1.24. The van der Waals surface area contributed by atoms with Gasteiger partial charge in [-0.3, -0.25) is 0 Å². The van der Waals surface area contributed by atoms with Gasteiger partial charge in [0.1, 0.15) is 13.7 Å². The van der Waals surface area contributed by atoms with Crippen molar-refractivity contribution >= 4 is 19.2 Å². The number of nitrogens with zero attached hydrogens (tertiary/aromatic N) is 3. The molecule has 0 spiro atoms. The molecule has 0 bridgehead atoms. The first-order valence-electron chi connectivity index (χ1n) is 11.4. The Hall–Kier alpha value is -2.05. The highest BCUT2D eigenvalue weighted by atomic mass is 19.1. The van der Waals surface area contributed by atoms with Gasteiger partial charge in [0.05, 0.1) is 16.9 Å². The molecular formula is C25H31BFN3O. The number of piperidine rings is 1. The minimum atomic E-state index is -0.874. The maximum absolute atomic E-state index is 13.3. The van der Waals surface area contributed by atoms with Crippen LogP contribution in [0.5, 0.6) is 0 Å². The molecule has 0 aromatic heterocycles. The van der Waals surface area contributed by atoms with Crippen LogP contribution in [0.1, 0.15) is 36.3 Å². The third-order valence-electron chi connectivity index (χ3n) is 7.60. The van der Waals surface area contributed by atoms with Crippen molar-refractivity contribution in [3.05, 3.63) is 59.4 Å². The zero-order chi connectivity index (χ0) is 21.6. The van der Waals surface area contributed by atoms with Crippen LogP contribution in [0.4, 0.5) is 15.8 Å². The van der Waals surface area contributed by atoms with E-state index in [9.17, 15) is 4.39 Å². The summed E-state index contributed by atoms with van der Waals surface area (Å²) in [6.07, 6.45) is 2.86. The normalized spacial score (nSPS) is 24.6. The second-order valence-corrected chi connectivity index (χ2v) is 9.30. The van der Waals surface area contributed by atoms with E-state index in [1.807, 2.05) is 0 Å². The number of anilines is 2. The minimum Gasteiger partial charge on any atom is -0.384 e. The molecule has 1 saturated heterocycles. The summed E-state index contributed by atoms with van der Waals surface area (Å²) in [4.78, 5) is 7.66. The van der Waals surface area contributed by atoms with Gasteiger partial charge in [0.25, 0.3) is 0 Å². The van der Waals surface area contributed by atoms with Gasteiger partial charge in [0.15, 0.2) is 0 Å². The summed E-state index contributed by atoms with van der Waals surface area (Å²) in [6, 6.07) is 13.8. The largest absolute Gasteiger partial charge is 0.384 e. The number of likely N-dealkylation sites (tertiary alicyclic amines) is 1. The minimum absolute atomic E-state index is 0.255. The Morgan fingerprint density at radius 1 is 1.13 bits per heavy atom. The van der Waals surface area contributed by atoms with Crippen molar-refractivity contribution in [1.29, 1.82) is 0 Å². The van der Waals surface area contributed by atoms with Crippen LogP contribution in [-0.4, -0.2) is 65.7 Å². The van der Waals surface area contributed by atoms with Gasteiger partial charge in [-0.15, -0.1) is 0 Å². The molecule has 5 rings (SSSR count). The summed E-state index contributed by atoms with van der Waals surface area (Å²) in [7, 11) is 10.4. The van der Waals surface area contributed by atoms with E-state index in [0.29, 0.717) is 18.4 Å². The molecule has 0 aliphatic carbocycles. The number of hydrogen-bond donors (Lipinski definition) is 0. The molecule has 3 atom stereocenters. The topological polar surface area (TPSA) is 19.0 Å².